The molecule has 3 heterocycles. The smallest absolute Gasteiger partial charge is 0.407 e. The summed E-state index contributed by atoms with van der Waals surface area (Å²) in [5.41, 5.74) is 6.68. The summed E-state index contributed by atoms with van der Waals surface area (Å²) >= 11 is 0. The summed E-state index contributed by atoms with van der Waals surface area (Å²) in [6, 6.07) is 19.9. The predicted molar refractivity (Wildman–Crippen MR) is 141 cm³/mol. The summed E-state index contributed by atoms with van der Waals surface area (Å²) in [5, 5.41) is 14.7. The Balaban J connectivity index is 1.33. The number of imidazole rings is 1. The number of rotatable bonds is 5. The molecule has 184 valence electrons. The minimum absolute atomic E-state index is 0.231. The minimum atomic E-state index is -0.855. The Hall–Kier alpha value is -4.53. The van der Waals surface area contributed by atoms with Gasteiger partial charge in [0.1, 0.15) is 5.65 Å². The largest absolute Gasteiger partial charge is 0.465 e. The molecule has 0 bridgehead atoms. The molecule has 0 radical (unpaired) electrons. The van der Waals surface area contributed by atoms with Crippen molar-refractivity contribution in [3.8, 4) is 22.4 Å². The second kappa shape index (κ2) is 9.99. The number of carbonyl (C=O) groups is 2. The van der Waals surface area contributed by atoms with Crippen molar-refractivity contribution in [2.24, 2.45) is 0 Å². The fraction of sp³-hybridized carbons (Fsp3) is 0.222. The van der Waals surface area contributed by atoms with Crippen LogP contribution in [0.5, 0.6) is 0 Å². The van der Waals surface area contributed by atoms with Gasteiger partial charge in [-0.25, -0.2) is 14.6 Å². The van der Waals surface area contributed by atoms with Crippen molar-refractivity contribution in [1.82, 2.24) is 19.6 Å². The maximum absolute atomic E-state index is 11.9. The van der Waals surface area contributed by atoms with E-state index in [4.69, 9.17) is 5.11 Å². The summed E-state index contributed by atoms with van der Waals surface area (Å²) in [6.07, 6.45) is 2.99. The lowest BCUT2D eigenvalue weighted by Gasteiger charge is -2.34. The van der Waals surface area contributed by atoms with Crippen molar-refractivity contribution in [1.29, 1.82) is 0 Å². The van der Waals surface area contributed by atoms with Gasteiger partial charge in [-0.1, -0.05) is 24.3 Å². The van der Waals surface area contributed by atoms with E-state index in [1.807, 2.05) is 48.0 Å². The monoisotopic (exact) mass is 484 g/mol. The minimum Gasteiger partial charge on any atom is -0.465 e. The van der Waals surface area contributed by atoms with Gasteiger partial charge in [0.05, 0.1) is 11.9 Å². The summed E-state index contributed by atoms with van der Waals surface area (Å²) in [7, 11) is 0. The molecule has 9 heteroatoms. The standard InChI is InChI=1S/C27H28N6O3/c1-2-28-26(34)30-22-5-3-4-21(16-22)24-18-29-25-17-20(10-11-33(24)25)19-6-8-23(9-7-19)31-12-14-32(15-13-31)27(35)36/h3-11,16-18H,2,12-15H2,1H3,(H,35,36)(H2,28,30,34). The van der Waals surface area contributed by atoms with Gasteiger partial charge in [-0.3, -0.25) is 4.40 Å². The van der Waals surface area contributed by atoms with Gasteiger partial charge in [0.25, 0.3) is 0 Å². The number of amides is 3. The molecule has 3 amide bonds. The number of carboxylic acid groups (broad SMARTS) is 1. The van der Waals surface area contributed by atoms with Crippen molar-refractivity contribution >= 4 is 29.1 Å². The first-order chi connectivity index (χ1) is 17.5. The quantitative estimate of drug-likeness (QED) is 0.384. The van der Waals surface area contributed by atoms with Gasteiger partial charge in [0.15, 0.2) is 0 Å². The summed E-state index contributed by atoms with van der Waals surface area (Å²) in [6.45, 7) is 4.85. The molecule has 1 saturated heterocycles. The Morgan fingerprint density at radius 3 is 2.44 bits per heavy atom. The van der Waals surface area contributed by atoms with Crippen LogP contribution in [0.3, 0.4) is 0 Å². The van der Waals surface area contributed by atoms with Crippen LogP contribution in [0.25, 0.3) is 28.0 Å². The molecular weight excluding hydrogens is 456 g/mol. The Kier molecular flexibility index (Phi) is 6.44. The molecule has 36 heavy (non-hydrogen) atoms. The first-order valence-electron chi connectivity index (χ1n) is 12.0. The number of nitrogens with one attached hydrogen (secondary N) is 2. The van der Waals surface area contributed by atoms with Crippen molar-refractivity contribution in [2.45, 2.75) is 6.92 Å². The van der Waals surface area contributed by atoms with Crippen LogP contribution in [0.2, 0.25) is 0 Å². The van der Waals surface area contributed by atoms with E-state index in [9.17, 15) is 9.59 Å². The van der Waals surface area contributed by atoms with Crippen molar-refractivity contribution in [3.05, 3.63) is 73.1 Å². The molecule has 4 aromatic rings. The topological polar surface area (TPSA) is 102 Å². The Labute approximate surface area is 209 Å². The zero-order valence-electron chi connectivity index (χ0n) is 20.0. The van der Waals surface area contributed by atoms with Crippen LogP contribution < -0.4 is 15.5 Å². The van der Waals surface area contributed by atoms with Crippen LogP contribution in [-0.4, -0.2) is 64.2 Å². The lowest BCUT2D eigenvalue weighted by Crippen LogP contribution is -2.48. The highest BCUT2D eigenvalue weighted by Gasteiger charge is 2.20. The van der Waals surface area contributed by atoms with Gasteiger partial charge < -0.3 is 25.5 Å². The SMILES string of the molecule is CCNC(=O)Nc1cccc(-c2cnc3cc(-c4ccc(N5CCN(C(=O)O)CC5)cc4)ccn23)c1. The van der Waals surface area contributed by atoms with Crippen LogP contribution >= 0.6 is 0 Å². The van der Waals surface area contributed by atoms with Gasteiger partial charge in [-0.15, -0.1) is 0 Å². The molecule has 0 aliphatic carbocycles. The number of hydrogen-bond donors (Lipinski definition) is 3. The predicted octanol–water partition coefficient (Wildman–Crippen LogP) is 4.61. The van der Waals surface area contributed by atoms with Crippen molar-refractivity contribution < 1.29 is 14.7 Å². The third-order valence-electron chi connectivity index (χ3n) is 6.38. The van der Waals surface area contributed by atoms with Crippen LogP contribution in [0.15, 0.2) is 73.1 Å². The van der Waals surface area contributed by atoms with E-state index in [-0.39, 0.29) is 6.03 Å². The molecule has 2 aromatic carbocycles. The Bertz CT molecular complexity index is 1390. The zero-order chi connectivity index (χ0) is 25.1. The average molecular weight is 485 g/mol. The molecule has 0 saturated carbocycles. The van der Waals surface area contributed by atoms with Gasteiger partial charge in [-0.2, -0.15) is 0 Å². The number of carbonyl (C=O) groups excluding carboxylic acids is 1. The zero-order valence-corrected chi connectivity index (χ0v) is 20.0. The molecule has 9 nitrogen and oxygen atoms in total. The maximum Gasteiger partial charge on any atom is 0.407 e. The van der Waals surface area contributed by atoms with Crippen LogP contribution in [0, 0.1) is 0 Å². The summed E-state index contributed by atoms with van der Waals surface area (Å²) in [4.78, 5) is 31.3. The van der Waals surface area contributed by atoms with Crippen molar-refractivity contribution in [3.63, 3.8) is 0 Å². The number of aromatic nitrogens is 2. The Morgan fingerprint density at radius 2 is 1.72 bits per heavy atom. The number of fused-ring (bicyclic) bond motifs is 1. The molecule has 2 aromatic heterocycles. The summed E-state index contributed by atoms with van der Waals surface area (Å²) < 4.78 is 2.03. The van der Waals surface area contributed by atoms with E-state index < -0.39 is 6.09 Å². The Morgan fingerprint density at radius 1 is 0.944 bits per heavy atom. The van der Waals surface area contributed by atoms with E-state index in [1.54, 1.807) is 0 Å². The first-order valence-corrected chi connectivity index (χ1v) is 12.0. The number of hydrogen-bond acceptors (Lipinski definition) is 4. The van der Waals surface area contributed by atoms with Gasteiger partial charge in [0.2, 0.25) is 0 Å². The van der Waals surface area contributed by atoms with Crippen molar-refractivity contribution in [2.75, 3.05) is 42.9 Å². The second-order valence-electron chi connectivity index (χ2n) is 8.66. The lowest BCUT2D eigenvalue weighted by molar-refractivity contribution is 0.142. The maximum atomic E-state index is 11.9. The molecule has 0 spiro atoms. The molecular formula is C27H28N6O3. The number of nitrogens with zero attached hydrogens (tertiary/aromatic N) is 4. The normalized spacial score (nSPS) is 13.6. The number of benzene rings is 2. The number of anilines is 2. The van der Waals surface area contributed by atoms with Crippen LogP contribution in [0.4, 0.5) is 21.0 Å². The summed E-state index contributed by atoms with van der Waals surface area (Å²) in [5.74, 6) is 0. The molecule has 5 rings (SSSR count). The van der Waals surface area contributed by atoms with E-state index >= 15 is 0 Å². The van der Waals surface area contributed by atoms with E-state index in [2.05, 4.69) is 56.9 Å². The second-order valence-corrected chi connectivity index (χ2v) is 8.66. The molecule has 3 N–H and O–H groups in total. The van der Waals surface area contributed by atoms with Crippen LogP contribution in [-0.2, 0) is 0 Å². The highest BCUT2D eigenvalue weighted by molar-refractivity contribution is 5.90. The first kappa shape index (κ1) is 23.2. The molecule has 0 unspecified atom stereocenters. The van der Waals surface area contributed by atoms with Gasteiger partial charge in [0, 0.05) is 55.9 Å². The lowest BCUT2D eigenvalue weighted by atomic mass is 10.1. The van der Waals surface area contributed by atoms with E-state index in [1.165, 1.54) is 4.90 Å². The average Bonchev–Trinajstić information content (AvgIpc) is 3.32. The highest BCUT2D eigenvalue weighted by atomic mass is 16.4. The van der Waals surface area contributed by atoms with Gasteiger partial charge in [-0.05, 0) is 54.4 Å². The molecule has 0 atom stereocenters. The number of piperazine rings is 1. The van der Waals surface area contributed by atoms with Gasteiger partial charge >= 0.3 is 12.1 Å². The number of pyridine rings is 1. The van der Waals surface area contributed by atoms with E-state index in [0.717, 1.165) is 39.4 Å². The fourth-order valence-electron chi connectivity index (χ4n) is 4.49. The van der Waals surface area contributed by atoms with Crippen LogP contribution in [0.1, 0.15) is 6.92 Å². The fourth-order valence-corrected chi connectivity index (χ4v) is 4.49. The molecule has 1 aliphatic rings. The third kappa shape index (κ3) is 4.81. The van der Waals surface area contributed by atoms with E-state index in [0.29, 0.717) is 32.7 Å². The third-order valence-corrected chi connectivity index (χ3v) is 6.38. The molecule has 1 fully saturated rings. The highest BCUT2D eigenvalue weighted by Crippen LogP contribution is 2.28. The number of urea groups is 1. The molecule has 1 aliphatic heterocycles.